The van der Waals surface area contributed by atoms with E-state index in [1.165, 1.54) is 13.0 Å². The van der Waals surface area contributed by atoms with Gasteiger partial charge in [-0.05, 0) is 18.6 Å². The molecule has 0 aliphatic rings. The van der Waals surface area contributed by atoms with Crippen molar-refractivity contribution in [3.8, 4) is 5.75 Å². The van der Waals surface area contributed by atoms with Gasteiger partial charge in [-0.15, -0.1) is 13.2 Å². The molecule has 1 aromatic rings. The molecule has 0 saturated heterocycles. The van der Waals surface area contributed by atoms with Crippen molar-refractivity contribution in [1.82, 2.24) is 4.98 Å². The Hall–Kier alpha value is -1.44. The van der Waals surface area contributed by atoms with Gasteiger partial charge in [0.25, 0.3) is 6.43 Å². The van der Waals surface area contributed by atoms with Crippen molar-refractivity contribution in [2.24, 2.45) is 5.73 Å². The van der Waals surface area contributed by atoms with Gasteiger partial charge < -0.3 is 10.5 Å². The number of halogens is 5. The van der Waals surface area contributed by atoms with Gasteiger partial charge in [-0.25, -0.2) is 13.8 Å². The summed E-state index contributed by atoms with van der Waals surface area (Å²) in [7, 11) is 0. The lowest BCUT2D eigenvalue weighted by Crippen LogP contribution is -2.20. The van der Waals surface area contributed by atoms with Crippen molar-refractivity contribution >= 4 is 0 Å². The second-order valence-electron chi connectivity index (χ2n) is 3.20. The van der Waals surface area contributed by atoms with Gasteiger partial charge in [-0.3, -0.25) is 0 Å². The first-order valence-corrected chi connectivity index (χ1v) is 4.49. The molecule has 0 atom stereocenters. The molecule has 0 aromatic carbocycles. The fraction of sp³-hybridized carbons (Fsp3) is 0.444. The number of nitrogens with zero attached hydrogens (tertiary/aromatic N) is 1. The summed E-state index contributed by atoms with van der Waals surface area (Å²) >= 11 is 0. The van der Waals surface area contributed by atoms with Gasteiger partial charge in [0.15, 0.2) is 5.75 Å². The van der Waals surface area contributed by atoms with Crippen LogP contribution in [0.2, 0.25) is 0 Å². The average Bonchev–Trinajstić information content (AvgIpc) is 2.18. The van der Waals surface area contributed by atoms with Crippen LogP contribution >= 0.6 is 0 Å². The van der Waals surface area contributed by atoms with Crippen LogP contribution < -0.4 is 10.5 Å². The van der Waals surface area contributed by atoms with Crippen molar-refractivity contribution < 1.29 is 26.7 Å². The molecule has 0 bridgehead atoms. The van der Waals surface area contributed by atoms with E-state index >= 15 is 0 Å². The minimum absolute atomic E-state index is 0.0762. The van der Waals surface area contributed by atoms with Crippen LogP contribution in [0, 0.1) is 6.92 Å². The van der Waals surface area contributed by atoms with E-state index in [1.807, 2.05) is 0 Å². The molecule has 2 N–H and O–H groups in total. The van der Waals surface area contributed by atoms with Crippen LogP contribution in [0.15, 0.2) is 6.07 Å². The van der Waals surface area contributed by atoms with Crippen LogP contribution in [0.1, 0.15) is 23.4 Å². The van der Waals surface area contributed by atoms with Crippen molar-refractivity contribution in [2.75, 3.05) is 0 Å². The number of alkyl halides is 5. The maximum atomic E-state index is 12.5. The van der Waals surface area contributed by atoms with Crippen molar-refractivity contribution in [3.63, 3.8) is 0 Å². The molecule has 0 spiro atoms. The molecule has 17 heavy (non-hydrogen) atoms. The van der Waals surface area contributed by atoms with E-state index in [1.54, 1.807) is 0 Å². The number of rotatable bonds is 3. The van der Waals surface area contributed by atoms with Gasteiger partial charge in [-0.1, -0.05) is 0 Å². The molecule has 0 saturated carbocycles. The second-order valence-corrected chi connectivity index (χ2v) is 3.20. The molecular formula is C9H9F5N2O. The van der Waals surface area contributed by atoms with E-state index in [2.05, 4.69) is 9.72 Å². The molecular weight excluding hydrogens is 247 g/mol. The molecule has 1 aromatic heterocycles. The number of hydrogen-bond donors (Lipinski definition) is 1. The maximum absolute atomic E-state index is 12.5. The third-order valence-corrected chi connectivity index (χ3v) is 1.87. The summed E-state index contributed by atoms with van der Waals surface area (Å²) < 4.78 is 64.7. The predicted octanol–water partition coefficient (Wildman–Crippen LogP) is 2.68. The summed E-state index contributed by atoms with van der Waals surface area (Å²) in [5, 5.41) is 0. The third kappa shape index (κ3) is 3.52. The van der Waals surface area contributed by atoms with Crippen LogP contribution in [-0.4, -0.2) is 11.3 Å². The summed E-state index contributed by atoms with van der Waals surface area (Å²) in [6, 6.07) is 1.17. The molecule has 96 valence electrons. The first-order valence-electron chi connectivity index (χ1n) is 4.49. The summed E-state index contributed by atoms with van der Waals surface area (Å²) in [4.78, 5) is 3.34. The van der Waals surface area contributed by atoms with Crippen molar-refractivity contribution in [2.45, 2.75) is 26.3 Å². The van der Waals surface area contributed by atoms with E-state index in [9.17, 15) is 22.0 Å². The fourth-order valence-corrected chi connectivity index (χ4v) is 1.26. The largest absolute Gasteiger partial charge is 0.573 e. The number of hydrogen-bond acceptors (Lipinski definition) is 3. The summed E-state index contributed by atoms with van der Waals surface area (Å²) in [6.07, 6.45) is -8.21. The lowest BCUT2D eigenvalue weighted by Gasteiger charge is -2.15. The highest BCUT2D eigenvalue weighted by Crippen LogP contribution is 2.34. The van der Waals surface area contributed by atoms with E-state index in [4.69, 9.17) is 5.73 Å². The van der Waals surface area contributed by atoms with Crippen molar-refractivity contribution in [1.29, 1.82) is 0 Å². The van der Waals surface area contributed by atoms with E-state index in [0.717, 1.165) is 0 Å². The van der Waals surface area contributed by atoms with Gasteiger partial charge in [-0.2, -0.15) is 0 Å². The zero-order valence-corrected chi connectivity index (χ0v) is 8.68. The Bertz CT molecular complexity index is 405. The van der Waals surface area contributed by atoms with E-state index in [0.29, 0.717) is 0 Å². The SMILES string of the molecule is Cc1cc(CN)nc(C(F)F)c1OC(F)(F)F. The number of aryl methyl sites for hydroxylation is 1. The van der Waals surface area contributed by atoms with E-state index < -0.39 is 24.2 Å². The first-order chi connectivity index (χ1) is 7.74. The highest BCUT2D eigenvalue weighted by Gasteiger charge is 2.34. The Balaban J connectivity index is 3.27. The van der Waals surface area contributed by atoms with Crippen LogP contribution in [0.3, 0.4) is 0 Å². The normalized spacial score (nSPS) is 12.0. The van der Waals surface area contributed by atoms with Crippen LogP contribution in [0.25, 0.3) is 0 Å². The van der Waals surface area contributed by atoms with Gasteiger partial charge in [0.05, 0.1) is 5.69 Å². The molecule has 1 heterocycles. The molecule has 3 nitrogen and oxygen atoms in total. The molecule has 0 aliphatic carbocycles. The molecule has 0 unspecified atom stereocenters. The lowest BCUT2D eigenvalue weighted by atomic mass is 10.2. The number of ether oxygens (including phenoxy) is 1. The highest BCUT2D eigenvalue weighted by atomic mass is 19.4. The standard InChI is InChI=1S/C9H9F5N2O/c1-4-2-5(3-15)16-6(8(10)11)7(4)17-9(12,13)14/h2,8H,3,15H2,1H3. The minimum atomic E-state index is -5.04. The molecule has 0 aliphatic heterocycles. The maximum Gasteiger partial charge on any atom is 0.573 e. The Morgan fingerprint density at radius 1 is 1.41 bits per heavy atom. The number of nitrogens with two attached hydrogens (primary N) is 1. The monoisotopic (exact) mass is 256 g/mol. The molecule has 0 radical (unpaired) electrons. The Morgan fingerprint density at radius 2 is 2.00 bits per heavy atom. The smallest absolute Gasteiger partial charge is 0.403 e. The second kappa shape index (κ2) is 4.82. The Morgan fingerprint density at radius 3 is 2.41 bits per heavy atom. The Labute approximate surface area is 93.4 Å². The zero-order valence-electron chi connectivity index (χ0n) is 8.68. The van der Waals surface area contributed by atoms with Gasteiger partial charge in [0.1, 0.15) is 5.69 Å². The molecule has 1 rings (SSSR count). The fourth-order valence-electron chi connectivity index (χ4n) is 1.26. The third-order valence-electron chi connectivity index (χ3n) is 1.87. The number of aromatic nitrogens is 1. The van der Waals surface area contributed by atoms with Gasteiger partial charge in [0.2, 0.25) is 0 Å². The van der Waals surface area contributed by atoms with E-state index in [-0.39, 0.29) is 17.8 Å². The number of pyridine rings is 1. The predicted molar refractivity (Wildman–Crippen MR) is 48.5 cm³/mol. The molecule has 8 heteroatoms. The highest BCUT2D eigenvalue weighted by molar-refractivity contribution is 5.39. The molecule has 0 fully saturated rings. The topological polar surface area (TPSA) is 48.1 Å². The Kier molecular flexibility index (Phi) is 3.87. The van der Waals surface area contributed by atoms with Gasteiger partial charge >= 0.3 is 6.36 Å². The van der Waals surface area contributed by atoms with Gasteiger partial charge in [0, 0.05) is 6.54 Å². The van der Waals surface area contributed by atoms with Crippen LogP contribution in [0.4, 0.5) is 22.0 Å². The minimum Gasteiger partial charge on any atom is -0.403 e. The van der Waals surface area contributed by atoms with Crippen molar-refractivity contribution in [3.05, 3.63) is 23.0 Å². The summed E-state index contributed by atoms with van der Waals surface area (Å²) in [5.41, 5.74) is 4.13. The lowest BCUT2D eigenvalue weighted by molar-refractivity contribution is -0.275. The summed E-state index contributed by atoms with van der Waals surface area (Å²) in [6.45, 7) is 1.07. The summed E-state index contributed by atoms with van der Waals surface area (Å²) in [5.74, 6) is -0.968. The first kappa shape index (κ1) is 13.6. The quantitative estimate of drug-likeness (QED) is 0.846. The zero-order chi connectivity index (χ0) is 13.2. The molecule has 0 amide bonds. The van der Waals surface area contributed by atoms with Crippen LogP contribution in [0.5, 0.6) is 5.75 Å². The average molecular weight is 256 g/mol. The van der Waals surface area contributed by atoms with Crippen LogP contribution in [-0.2, 0) is 6.54 Å².